The fourth-order valence-corrected chi connectivity index (χ4v) is 5.12. The summed E-state index contributed by atoms with van der Waals surface area (Å²) in [5.41, 5.74) is 0. The predicted molar refractivity (Wildman–Crippen MR) is 195 cm³/mol. The molecule has 0 fully saturated rings. The maximum atomic E-state index is 12.2. The Morgan fingerprint density at radius 1 is 0.604 bits per heavy atom. The largest absolute Gasteiger partial charge is 0.462 e. The van der Waals surface area contributed by atoms with Gasteiger partial charge >= 0.3 is 11.9 Å². The molecular weight excluding hydrogens is 608 g/mol. The molecule has 0 aromatic rings. The van der Waals surface area contributed by atoms with Gasteiger partial charge in [0.25, 0.3) is 0 Å². The first kappa shape index (κ1) is 45.7. The molecule has 0 saturated carbocycles. The summed E-state index contributed by atoms with van der Waals surface area (Å²) >= 11 is 0. The van der Waals surface area contributed by atoms with Gasteiger partial charge in [-0.05, 0) is 31.6 Å². The maximum absolute atomic E-state index is 12.2. The molecule has 0 spiro atoms. The van der Waals surface area contributed by atoms with Gasteiger partial charge in [0.05, 0.1) is 24.9 Å². The van der Waals surface area contributed by atoms with Crippen LogP contribution >= 0.6 is 0 Å². The van der Waals surface area contributed by atoms with Gasteiger partial charge in [-0.2, -0.15) is 0 Å². The quantitative estimate of drug-likeness (QED) is 0.0318. The van der Waals surface area contributed by atoms with Crippen molar-refractivity contribution in [2.24, 2.45) is 5.92 Å². The molecule has 0 aromatic heterocycles. The summed E-state index contributed by atoms with van der Waals surface area (Å²) in [5, 5.41) is 39.7. The second-order valence-corrected chi connectivity index (χ2v) is 13.4. The first-order valence-electron chi connectivity index (χ1n) is 18.9. The van der Waals surface area contributed by atoms with E-state index in [1.54, 1.807) is 36.5 Å². The molecule has 278 valence electrons. The highest BCUT2D eigenvalue weighted by molar-refractivity contribution is 5.70. The van der Waals surface area contributed by atoms with Gasteiger partial charge in [-0.25, -0.2) is 0 Å². The molecule has 0 amide bonds. The highest BCUT2D eigenvalue weighted by atomic mass is 16.6. The zero-order valence-electron chi connectivity index (χ0n) is 30.5. The Kier molecular flexibility index (Phi) is 31.7. The van der Waals surface area contributed by atoms with Crippen molar-refractivity contribution < 1.29 is 39.5 Å². The molecule has 8 nitrogen and oxygen atoms in total. The Balaban J connectivity index is 3.94. The number of esters is 2. The molecule has 0 radical (unpaired) electrons. The summed E-state index contributed by atoms with van der Waals surface area (Å²) in [5.74, 6) is -0.111. The number of carbonyl (C=O) groups is 2. The van der Waals surface area contributed by atoms with Gasteiger partial charge in [0.15, 0.2) is 6.10 Å². The molecule has 0 aliphatic heterocycles. The summed E-state index contributed by atoms with van der Waals surface area (Å²) in [4.78, 5) is 24.2. The topological polar surface area (TPSA) is 134 Å². The van der Waals surface area contributed by atoms with Crippen molar-refractivity contribution in [2.75, 3.05) is 13.2 Å². The van der Waals surface area contributed by atoms with Crippen LogP contribution in [0.15, 0.2) is 48.6 Å². The van der Waals surface area contributed by atoms with Crippen molar-refractivity contribution in [2.45, 2.75) is 174 Å². The van der Waals surface area contributed by atoms with Crippen molar-refractivity contribution in [3.63, 3.8) is 0 Å². The molecule has 0 aliphatic rings. The molecule has 0 rings (SSSR count). The van der Waals surface area contributed by atoms with Crippen LogP contribution in [-0.2, 0) is 19.1 Å². The van der Waals surface area contributed by atoms with E-state index in [0.717, 1.165) is 50.9 Å². The third-order valence-corrected chi connectivity index (χ3v) is 8.17. The van der Waals surface area contributed by atoms with E-state index in [-0.39, 0.29) is 25.9 Å². The molecular formula is C40H70O8. The Morgan fingerprint density at radius 3 is 1.71 bits per heavy atom. The minimum Gasteiger partial charge on any atom is -0.462 e. The Labute approximate surface area is 292 Å². The number of ether oxygens (including phenoxy) is 2. The molecule has 0 heterocycles. The summed E-state index contributed by atoms with van der Waals surface area (Å²) in [6, 6.07) is 0. The second-order valence-electron chi connectivity index (χ2n) is 13.4. The highest BCUT2D eigenvalue weighted by Gasteiger charge is 2.17. The normalized spacial score (nSPS) is 14.8. The fourth-order valence-electron chi connectivity index (χ4n) is 5.12. The second kappa shape index (κ2) is 33.2. The molecule has 0 bridgehead atoms. The van der Waals surface area contributed by atoms with Gasteiger partial charge in [0.1, 0.15) is 6.61 Å². The van der Waals surface area contributed by atoms with Gasteiger partial charge in [0.2, 0.25) is 0 Å². The van der Waals surface area contributed by atoms with Crippen LogP contribution in [0.2, 0.25) is 0 Å². The average Bonchev–Trinajstić information content (AvgIpc) is 3.06. The summed E-state index contributed by atoms with van der Waals surface area (Å²) in [6.45, 7) is 6.05. The van der Waals surface area contributed by atoms with E-state index >= 15 is 0 Å². The SMILES string of the molecule is CCCCC[C@@H](O)/C=C/C=C\C=C\C=C\[C@@H](O)[C@H](O)CCCC(=O)OC[C@H](CO)OC(=O)CCCCCCCCCCCCCC(C)C. The highest BCUT2D eigenvalue weighted by Crippen LogP contribution is 2.15. The number of hydrogen-bond donors (Lipinski definition) is 4. The van der Waals surface area contributed by atoms with Crippen molar-refractivity contribution in [1.82, 2.24) is 0 Å². The molecule has 8 heteroatoms. The lowest BCUT2D eigenvalue weighted by atomic mass is 10.0. The lowest BCUT2D eigenvalue weighted by Gasteiger charge is -2.16. The van der Waals surface area contributed by atoms with E-state index in [1.165, 1.54) is 63.9 Å². The monoisotopic (exact) mass is 679 g/mol. The molecule has 0 saturated heterocycles. The number of rotatable bonds is 32. The molecule has 0 aliphatic carbocycles. The summed E-state index contributed by atoms with van der Waals surface area (Å²) in [7, 11) is 0. The van der Waals surface area contributed by atoms with Gasteiger partial charge in [-0.1, -0.05) is 159 Å². The van der Waals surface area contributed by atoms with Gasteiger partial charge < -0.3 is 29.9 Å². The molecule has 0 aromatic carbocycles. The van der Waals surface area contributed by atoms with Gasteiger partial charge in [-0.3, -0.25) is 9.59 Å². The Morgan fingerprint density at radius 2 is 1.12 bits per heavy atom. The standard InChI is InChI=1S/C40H70O8/c1-4-5-19-26-35(42)27-21-16-13-14-17-22-28-37(43)38(44)29-24-31-39(45)47-33-36(32-41)48-40(46)30-23-18-12-10-8-6-7-9-11-15-20-25-34(2)3/h13-14,16-17,21-22,27-28,34-38,41-44H,4-12,15,18-20,23-26,29-33H2,1-3H3/b16-13-,17-14+,27-21+,28-22+/t35-,36+,37-,38-/m1/s1. The average molecular weight is 679 g/mol. The first-order valence-corrected chi connectivity index (χ1v) is 18.9. The van der Waals surface area contributed by atoms with Crippen molar-refractivity contribution in [3.05, 3.63) is 48.6 Å². The first-order chi connectivity index (χ1) is 23.2. The van der Waals surface area contributed by atoms with E-state index < -0.39 is 43.0 Å². The fraction of sp³-hybridized carbons (Fsp3) is 0.750. The molecule has 0 unspecified atom stereocenters. The van der Waals surface area contributed by atoms with E-state index in [9.17, 15) is 30.0 Å². The predicted octanol–water partition coefficient (Wildman–Crippen LogP) is 8.22. The van der Waals surface area contributed by atoms with Gasteiger partial charge in [0, 0.05) is 12.8 Å². The Bertz CT molecular complexity index is 878. The van der Waals surface area contributed by atoms with E-state index in [0.29, 0.717) is 6.42 Å². The van der Waals surface area contributed by atoms with Crippen LogP contribution < -0.4 is 0 Å². The molecule has 4 atom stereocenters. The summed E-state index contributed by atoms with van der Waals surface area (Å²) < 4.78 is 10.4. The van der Waals surface area contributed by atoms with Crippen LogP contribution in [0.25, 0.3) is 0 Å². The number of carbonyl (C=O) groups excluding carboxylic acids is 2. The van der Waals surface area contributed by atoms with E-state index in [4.69, 9.17) is 9.47 Å². The maximum Gasteiger partial charge on any atom is 0.306 e. The number of allylic oxidation sites excluding steroid dienone is 6. The van der Waals surface area contributed by atoms with Crippen molar-refractivity contribution in [3.8, 4) is 0 Å². The smallest absolute Gasteiger partial charge is 0.306 e. The number of hydrogen-bond acceptors (Lipinski definition) is 8. The minimum absolute atomic E-state index is 0.0312. The molecule has 4 N–H and O–H groups in total. The van der Waals surface area contributed by atoms with Crippen LogP contribution in [0.4, 0.5) is 0 Å². The number of aliphatic hydroxyl groups is 4. The number of aliphatic hydroxyl groups excluding tert-OH is 4. The third-order valence-electron chi connectivity index (χ3n) is 8.17. The Hall–Kier alpha value is -2.26. The lowest BCUT2D eigenvalue weighted by Crippen LogP contribution is -2.28. The van der Waals surface area contributed by atoms with Crippen molar-refractivity contribution in [1.29, 1.82) is 0 Å². The zero-order valence-corrected chi connectivity index (χ0v) is 30.5. The van der Waals surface area contributed by atoms with Crippen LogP contribution in [-0.4, -0.2) is 70.0 Å². The molecule has 48 heavy (non-hydrogen) atoms. The zero-order chi connectivity index (χ0) is 35.7. The lowest BCUT2D eigenvalue weighted by molar-refractivity contribution is -0.161. The van der Waals surface area contributed by atoms with E-state index in [2.05, 4.69) is 20.8 Å². The van der Waals surface area contributed by atoms with Crippen LogP contribution in [0.5, 0.6) is 0 Å². The van der Waals surface area contributed by atoms with Crippen LogP contribution in [0, 0.1) is 5.92 Å². The van der Waals surface area contributed by atoms with Crippen LogP contribution in [0.3, 0.4) is 0 Å². The minimum atomic E-state index is -1.08. The summed E-state index contributed by atoms with van der Waals surface area (Å²) in [6.07, 6.45) is 29.7. The van der Waals surface area contributed by atoms with E-state index in [1.807, 2.05) is 6.08 Å². The number of unbranched alkanes of at least 4 members (excludes halogenated alkanes) is 12. The third kappa shape index (κ3) is 31.0. The van der Waals surface area contributed by atoms with Crippen molar-refractivity contribution >= 4 is 11.9 Å². The van der Waals surface area contributed by atoms with Gasteiger partial charge in [-0.15, -0.1) is 0 Å². The van der Waals surface area contributed by atoms with Crippen LogP contribution in [0.1, 0.15) is 149 Å².